The van der Waals surface area contributed by atoms with E-state index in [0.717, 1.165) is 36.5 Å². The summed E-state index contributed by atoms with van der Waals surface area (Å²) in [5.41, 5.74) is 3.41. The predicted molar refractivity (Wildman–Crippen MR) is 112 cm³/mol. The van der Waals surface area contributed by atoms with Crippen LogP contribution < -0.4 is 4.90 Å². The molecule has 7 heteroatoms. The molecule has 1 aliphatic rings. The molecule has 2 unspecified atom stereocenters. The number of anilines is 1. The molecular formula is C20H32N4O2S. The van der Waals surface area contributed by atoms with Crippen LogP contribution in [0, 0.1) is 0 Å². The van der Waals surface area contributed by atoms with Gasteiger partial charge in [0.2, 0.25) is 0 Å². The van der Waals surface area contributed by atoms with Crippen LogP contribution in [0.3, 0.4) is 0 Å². The number of nitrogens with zero attached hydrogens (tertiary/aromatic N) is 3. The Morgan fingerprint density at radius 2 is 1.96 bits per heavy atom. The average molecular weight is 393 g/mol. The van der Waals surface area contributed by atoms with Crippen LogP contribution in [0.2, 0.25) is 0 Å². The molecule has 1 N–H and O–H groups in total. The topological polar surface area (TPSA) is 69.3 Å². The molecular weight excluding hydrogens is 360 g/mol. The van der Waals surface area contributed by atoms with E-state index in [4.69, 9.17) is 4.98 Å². The Morgan fingerprint density at radius 1 is 1.22 bits per heavy atom. The minimum Gasteiger partial charge on any atom is -0.360 e. The van der Waals surface area contributed by atoms with E-state index in [0.29, 0.717) is 24.4 Å². The normalized spacial score (nSPS) is 22.1. The van der Waals surface area contributed by atoms with Gasteiger partial charge < -0.3 is 9.88 Å². The number of sulfone groups is 1. The van der Waals surface area contributed by atoms with Crippen LogP contribution in [0.4, 0.5) is 5.82 Å². The van der Waals surface area contributed by atoms with Gasteiger partial charge in [-0.15, -0.1) is 0 Å². The highest BCUT2D eigenvalue weighted by Crippen LogP contribution is 2.28. The molecule has 3 rings (SSSR count). The molecule has 1 saturated heterocycles. The first-order valence-electron chi connectivity index (χ1n) is 9.82. The van der Waals surface area contributed by atoms with Crippen molar-refractivity contribution in [3.63, 3.8) is 0 Å². The molecule has 1 fully saturated rings. The Kier molecular flexibility index (Phi) is 5.82. The third-order valence-corrected chi connectivity index (χ3v) is 6.56. The monoisotopic (exact) mass is 392 g/mol. The summed E-state index contributed by atoms with van der Waals surface area (Å²) in [6.07, 6.45) is 4.07. The summed E-state index contributed by atoms with van der Waals surface area (Å²) in [5, 5.41) is 0. The van der Waals surface area contributed by atoms with Gasteiger partial charge in [-0.2, -0.15) is 0 Å². The number of fused-ring (bicyclic) bond motifs is 1. The lowest BCUT2D eigenvalue weighted by Gasteiger charge is -2.44. The minimum atomic E-state index is -2.89. The predicted octanol–water partition coefficient (Wildman–Crippen LogP) is 3.02. The van der Waals surface area contributed by atoms with Crippen molar-refractivity contribution in [1.29, 1.82) is 0 Å². The average Bonchev–Trinajstić information content (AvgIpc) is 2.99. The SMILES string of the molecule is CC(C)c1c[nH]c2ccc(N3CC(C)N(CCCS(C)(=O)=O)CC3C)nc12. The number of aromatic amines is 1. The fourth-order valence-electron chi connectivity index (χ4n) is 3.97. The number of nitrogens with one attached hydrogen (secondary N) is 1. The summed E-state index contributed by atoms with van der Waals surface area (Å²) in [6, 6.07) is 4.94. The van der Waals surface area contributed by atoms with E-state index in [1.54, 1.807) is 0 Å². The maximum atomic E-state index is 11.4. The summed E-state index contributed by atoms with van der Waals surface area (Å²) in [6.45, 7) is 11.5. The van der Waals surface area contributed by atoms with E-state index in [1.807, 2.05) is 0 Å². The molecule has 2 aromatic rings. The Bertz CT molecular complexity index is 891. The first-order chi connectivity index (χ1) is 12.7. The molecule has 0 radical (unpaired) electrons. The lowest BCUT2D eigenvalue weighted by atomic mass is 10.1. The van der Waals surface area contributed by atoms with Crippen molar-refractivity contribution >= 4 is 26.7 Å². The van der Waals surface area contributed by atoms with Crippen molar-refractivity contribution in [3.05, 3.63) is 23.9 Å². The lowest BCUT2D eigenvalue weighted by molar-refractivity contribution is 0.166. The number of rotatable bonds is 6. The second-order valence-electron chi connectivity index (χ2n) is 8.29. The van der Waals surface area contributed by atoms with E-state index >= 15 is 0 Å². The van der Waals surface area contributed by atoms with Gasteiger partial charge >= 0.3 is 0 Å². The van der Waals surface area contributed by atoms with Gasteiger partial charge in [0.1, 0.15) is 15.7 Å². The molecule has 3 heterocycles. The van der Waals surface area contributed by atoms with Gasteiger partial charge in [0, 0.05) is 37.6 Å². The smallest absolute Gasteiger partial charge is 0.147 e. The summed E-state index contributed by atoms with van der Waals surface area (Å²) < 4.78 is 22.8. The fraction of sp³-hybridized carbons (Fsp3) is 0.650. The maximum absolute atomic E-state index is 11.4. The largest absolute Gasteiger partial charge is 0.360 e. The third-order valence-electron chi connectivity index (χ3n) is 5.53. The number of hydrogen-bond acceptors (Lipinski definition) is 5. The number of H-pyrrole nitrogens is 1. The van der Waals surface area contributed by atoms with Crippen LogP contribution >= 0.6 is 0 Å². The molecule has 0 aromatic carbocycles. The van der Waals surface area contributed by atoms with Crippen LogP contribution in [-0.4, -0.2) is 67.0 Å². The first-order valence-corrected chi connectivity index (χ1v) is 11.9. The lowest BCUT2D eigenvalue weighted by Crippen LogP contribution is -2.57. The van der Waals surface area contributed by atoms with Crippen LogP contribution in [0.25, 0.3) is 11.0 Å². The maximum Gasteiger partial charge on any atom is 0.147 e. The molecule has 150 valence electrons. The summed E-state index contributed by atoms with van der Waals surface area (Å²) in [7, 11) is -2.89. The Labute approximate surface area is 162 Å². The third kappa shape index (κ3) is 4.63. The Hall–Kier alpha value is -1.60. The van der Waals surface area contributed by atoms with Crippen molar-refractivity contribution in [2.75, 3.05) is 36.5 Å². The van der Waals surface area contributed by atoms with Gasteiger partial charge in [-0.3, -0.25) is 4.90 Å². The highest BCUT2D eigenvalue weighted by atomic mass is 32.2. The summed E-state index contributed by atoms with van der Waals surface area (Å²) >= 11 is 0. The van der Waals surface area contributed by atoms with Crippen molar-refractivity contribution in [2.24, 2.45) is 0 Å². The second kappa shape index (κ2) is 7.80. The molecule has 0 amide bonds. The quantitative estimate of drug-likeness (QED) is 0.818. The molecule has 0 spiro atoms. The summed E-state index contributed by atoms with van der Waals surface area (Å²) in [4.78, 5) is 13.1. The number of aromatic nitrogens is 2. The molecule has 0 bridgehead atoms. The zero-order valence-electron chi connectivity index (χ0n) is 17.1. The van der Waals surface area contributed by atoms with Crippen molar-refractivity contribution in [2.45, 2.75) is 52.1 Å². The van der Waals surface area contributed by atoms with Crippen molar-refractivity contribution in [3.8, 4) is 0 Å². The highest BCUT2D eigenvalue weighted by molar-refractivity contribution is 7.90. The van der Waals surface area contributed by atoms with E-state index in [1.165, 1.54) is 11.8 Å². The van der Waals surface area contributed by atoms with Crippen LogP contribution in [-0.2, 0) is 9.84 Å². The summed E-state index contributed by atoms with van der Waals surface area (Å²) in [5.74, 6) is 1.72. The molecule has 6 nitrogen and oxygen atoms in total. The van der Waals surface area contributed by atoms with Crippen LogP contribution in [0.15, 0.2) is 18.3 Å². The number of pyridine rings is 1. The zero-order chi connectivity index (χ0) is 19.8. The first kappa shape index (κ1) is 20.1. The number of piperazine rings is 1. The van der Waals surface area contributed by atoms with Crippen molar-refractivity contribution in [1.82, 2.24) is 14.9 Å². The van der Waals surface area contributed by atoms with Gasteiger partial charge in [0.15, 0.2) is 0 Å². The van der Waals surface area contributed by atoms with Crippen LogP contribution in [0.1, 0.15) is 45.6 Å². The Balaban J connectivity index is 1.73. The van der Waals surface area contributed by atoms with E-state index in [-0.39, 0.29) is 5.75 Å². The molecule has 27 heavy (non-hydrogen) atoms. The standard InChI is InChI=1S/C20H32N4O2S/c1-14(2)17-11-21-18-7-8-19(22-20(17)18)24-13-15(3)23(12-16(24)4)9-6-10-27(5,25)26/h7-8,11,14-16,21H,6,9-10,12-13H2,1-5H3. The van der Waals surface area contributed by atoms with E-state index in [2.05, 4.69) is 60.8 Å². The van der Waals surface area contributed by atoms with Crippen LogP contribution in [0.5, 0.6) is 0 Å². The molecule has 1 aliphatic heterocycles. The van der Waals surface area contributed by atoms with Crippen molar-refractivity contribution < 1.29 is 8.42 Å². The second-order valence-corrected chi connectivity index (χ2v) is 10.6. The molecule has 2 aromatic heterocycles. The van der Waals surface area contributed by atoms with Gasteiger partial charge in [-0.25, -0.2) is 13.4 Å². The zero-order valence-corrected chi connectivity index (χ0v) is 17.9. The molecule has 0 saturated carbocycles. The van der Waals surface area contributed by atoms with E-state index in [9.17, 15) is 8.42 Å². The van der Waals surface area contributed by atoms with E-state index < -0.39 is 9.84 Å². The molecule has 2 atom stereocenters. The molecule has 0 aliphatic carbocycles. The van der Waals surface area contributed by atoms with Gasteiger partial charge in [0.05, 0.1) is 16.8 Å². The number of hydrogen-bond donors (Lipinski definition) is 1. The fourth-order valence-corrected chi connectivity index (χ4v) is 4.62. The highest BCUT2D eigenvalue weighted by Gasteiger charge is 2.30. The van der Waals surface area contributed by atoms with Gasteiger partial charge in [-0.05, 0) is 50.4 Å². The Morgan fingerprint density at radius 3 is 2.63 bits per heavy atom. The minimum absolute atomic E-state index is 0.262. The van der Waals surface area contributed by atoms with Gasteiger partial charge in [-0.1, -0.05) is 13.8 Å². The van der Waals surface area contributed by atoms with Gasteiger partial charge in [0.25, 0.3) is 0 Å².